The van der Waals surface area contributed by atoms with Crippen LogP contribution in [-0.4, -0.2) is 19.1 Å². The van der Waals surface area contributed by atoms with Gasteiger partial charge >= 0.3 is 0 Å². The van der Waals surface area contributed by atoms with Crippen molar-refractivity contribution in [1.29, 1.82) is 0 Å². The number of para-hydroxylation sites is 4. The number of nitrogens with zero attached hydrogens (tertiary/aromatic N) is 4. The van der Waals surface area contributed by atoms with E-state index in [0.29, 0.717) is 5.82 Å². The lowest BCUT2D eigenvalue weighted by atomic mass is 9.97. The van der Waals surface area contributed by atoms with Crippen LogP contribution in [0.1, 0.15) is 0 Å². The lowest BCUT2D eigenvalue weighted by Gasteiger charge is -2.13. The van der Waals surface area contributed by atoms with E-state index in [-0.39, 0.29) is 0 Å². The second-order valence-electron chi connectivity index (χ2n) is 15.4. The van der Waals surface area contributed by atoms with Crippen molar-refractivity contribution in [3.8, 4) is 56.3 Å². The van der Waals surface area contributed by atoms with Gasteiger partial charge in [0.25, 0.3) is 0 Å². The number of fused-ring (bicyclic) bond motifs is 7. The molecular formula is C56H36N4. The minimum Gasteiger partial charge on any atom is -0.309 e. The summed E-state index contributed by atoms with van der Waals surface area (Å²) in [6, 6.07) is 77.9. The van der Waals surface area contributed by atoms with Crippen LogP contribution in [0.5, 0.6) is 0 Å². The average molecular weight is 765 g/mol. The largest absolute Gasteiger partial charge is 0.309 e. The maximum atomic E-state index is 5.38. The number of hydrogen-bond donors (Lipinski definition) is 0. The summed E-state index contributed by atoms with van der Waals surface area (Å²) < 4.78 is 4.72. The van der Waals surface area contributed by atoms with Gasteiger partial charge in [-0.25, -0.2) is 9.97 Å². The SMILES string of the molecule is c1ccc(-c2nc(-c3cccc(-c4cccc5c4c4ccccc4n5-c4ccccc4)c3)nc3ccc(-c4ccc5c(c4)c4ccccc4n5-c4ccccc4)cc23)cc1. The van der Waals surface area contributed by atoms with E-state index in [4.69, 9.17) is 9.97 Å². The zero-order valence-corrected chi connectivity index (χ0v) is 32.6. The molecule has 3 heterocycles. The van der Waals surface area contributed by atoms with Crippen molar-refractivity contribution in [2.45, 2.75) is 0 Å². The van der Waals surface area contributed by atoms with Gasteiger partial charge < -0.3 is 9.13 Å². The monoisotopic (exact) mass is 764 g/mol. The highest BCUT2D eigenvalue weighted by Crippen LogP contribution is 2.41. The summed E-state index contributed by atoms with van der Waals surface area (Å²) in [6.45, 7) is 0. The third-order valence-corrected chi connectivity index (χ3v) is 11.9. The molecule has 9 aromatic carbocycles. The van der Waals surface area contributed by atoms with Crippen molar-refractivity contribution >= 4 is 54.5 Å². The third-order valence-electron chi connectivity index (χ3n) is 11.9. The van der Waals surface area contributed by atoms with Gasteiger partial charge in [-0.1, -0.05) is 146 Å². The van der Waals surface area contributed by atoms with Crippen molar-refractivity contribution in [2.24, 2.45) is 0 Å². The molecule has 0 unspecified atom stereocenters. The summed E-state index contributed by atoms with van der Waals surface area (Å²) in [5.74, 6) is 0.699. The van der Waals surface area contributed by atoms with Crippen LogP contribution in [0.15, 0.2) is 218 Å². The van der Waals surface area contributed by atoms with Gasteiger partial charge in [-0.3, -0.25) is 0 Å². The number of benzene rings is 9. The fourth-order valence-corrected chi connectivity index (χ4v) is 9.20. The Morgan fingerprint density at radius 3 is 1.58 bits per heavy atom. The minimum atomic E-state index is 0.699. The highest BCUT2D eigenvalue weighted by molar-refractivity contribution is 6.16. The molecule has 3 aromatic heterocycles. The molecule has 4 nitrogen and oxygen atoms in total. The Morgan fingerprint density at radius 2 is 0.833 bits per heavy atom. The van der Waals surface area contributed by atoms with Crippen LogP contribution in [0.2, 0.25) is 0 Å². The molecule has 0 aliphatic heterocycles. The molecule has 0 atom stereocenters. The van der Waals surface area contributed by atoms with Gasteiger partial charge in [-0.05, 0) is 95.1 Å². The van der Waals surface area contributed by atoms with E-state index in [1.807, 2.05) is 0 Å². The Hall–Kier alpha value is -8.08. The molecule has 280 valence electrons. The molecule has 12 rings (SSSR count). The quantitative estimate of drug-likeness (QED) is 0.169. The van der Waals surface area contributed by atoms with E-state index in [1.165, 1.54) is 49.2 Å². The van der Waals surface area contributed by atoms with Gasteiger partial charge in [0.05, 0.1) is 33.3 Å². The van der Waals surface area contributed by atoms with Crippen molar-refractivity contribution in [3.05, 3.63) is 218 Å². The van der Waals surface area contributed by atoms with Crippen LogP contribution in [0, 0.1) is 0 Å². The summed E-state index contributed by atoms with van der Waals surface area (Å²) in [5.41, 5.74) is 15.5. The molecule has 4 heteroatoms. The Labute approximate surface area is 346 Å². The van der Waals surface area contributed by atoms with Crippen molar-refractivity contribution in [2.75, 3.05) is 0 Å². The van der Waals surface area contributed by atoms with E-state index in [1.54, 1.807) is 0 Å². The van der Waals surface area contributed by atoms with Crippen LogP contribution in [-0.2, 0) is 0 Å². The molecule has 60 heavy (non-hydrogen) atoms. The molecule has 12 aromatic rings. The lowest BCUT2D eigenvalue weighted by Crippen LogP contribution is -1.96. The second-order valence-corrected chi connectivity index (χ2v) is 15.4. The molecule has 0 amide bonds. The second kappa shape index (κ2) is 13.8. The predicted molar refractivity (Wildman–Crippen MR) is 250 cm³/mol. The average Bonchev–Trinajstić information content (AvgIpc) is 3.85. The van der Waals surface area contributed by atoms with Crippen molar-refractivity contribution in [1.82, 2.24) is 19.1 Å². The van der Waals surface area contributed by atoms with Gasteiger partial charge in [-0.2, -0.15) is 0 Å². The first-order valence-electron chi connectivity index (χ1n) is 20.4. The molecule has 0 bridgehead atoms. The number of rotatable bonds is 6. The molecule has 0 aliphatic carbocycles. The van der Waals surface area contributed by atoms with Crippen LogP contribution in [0.4, 0.5) is 0 Å². The van der Waals surface area contributed by atoms with Crippen LogP contribution in [0.3, 0.4) is 0 Å². The van der Waals surface area contributed by atoms with Crippen LogP contribution >= 0.6 is 0 Å². The van der Waals surface area contributed by atoms with E-state index in [9.17, 15) is 0 Å². The summed E-state index contributed by atoms with van der Waals surface area (Å²) in [6.07, 6.45) is 0. The Kier molecular flexibility index (Phi) is 7.82. The van der Waals surface area contributed by atoms with Crippen molar-refractivity contribution in [3.63, 3.8) is 0 Å². The fraction of sp³-hybridized carbons (Fsp3) is 0. The van der Waals surface area contributed by atoms with Crippen LogP contribution < -0.4 is 0 Å². The molecular weight excluding hydrogens is 729 g/mol. The normalized spacial score (nSPS) is 11.7. The predicted octanol–water partition coefficient (Wildman–Crippen LogP) is 14.5. The molecule has 0 radical (unpaired) electrons. The molecule has 0 aliphatic rings. The van der Waals surface area contributed by atoms with Gasteiger partial charge in [0.15, 0.2) is 5.82 Å². The summed E-state index contributed by atoms with van der Waals surface area (Å²) in [7, 11) is 0. The Morgan fingerprint density at radius 1 is 0.300 bits per heavy atom. The standard InChI is InChI=1S/C56H36N4/c1-4-16-37(17-5-1)55-48-36-38(39-31-33-52-47(35-39)45-24-10-12-27-50(45)59(52)42-20-6-2-7-21-42)30-32-49(48)57-56(58-55)41-19-14-18-40(34-41)44-26-15-29-53-54(44)46-25-11-13-28-51(46)60(53)43-22-8-3-9-23-43/h1-36H. The van der Waals surface area contributed by atoms with E-state index < -0.39 is 0 Å². The Balaban J connectivity index is 1.000. The fourth-order valence-electron chi connectivity index (χ4n) is 9.20. The van der Waals surface area contributed by atoms with Gasteiger partial charge in [0, 0.05) is 49.4 Å². The van der Waals surface area contributed by atoms with Crippen molar-refractivity contribution < 1.29 is 0 Å². The van der Waals surface area contributed by atoms with Gasteiger partial charge in [-0.15, -0.1) is 0 Å². The smallest absolute Gasteiger partial charge is 0.160 e. The lowest BCUT2D eigenvalue weighted by molar-refractivity contribution is 1.18. The van der Waals surface area contributed by atoms with E-state index in [0.717, 1.165) is 55.8 Å². The Bertz CT molecular complexity index is 3580. The molecule has 0 saturated carbocycles. The first kappa shape index (κ1) is 34.0. The minimum absolute atomic E-state index is 0.699. The molecule has 0 fully saturated rings. The maximum absolute atomic E-state index is 5.38. The topological polar surface area (TPSA) is 35.6 Å². The maximum Gasteiger partial charge on any atom is 0.160 e. The molecule has 0 saturated heterocycles. The highest BCUT2D eigenvalue weighted by atomic mass is 15.0. The van der Waals surface area contributed by atoms with Gasteiger partial charge in [0.1, 0.15) is 0 Å². The summed E-state index contributed by atoms with van der Waals surface area (Å²) in [5, 5.41) is 5.93. The summed E-state index contributed by atoms with van der Waals surface area (Å²) >= 11 is 0. The zero-order valence-electron chi connectivity index (χ0n) is 32.6. The molecule has 0 spiro atoms. The van der Waals surface area contributed by atoms with E-state index in [2.05, 4.69) is 228 Å². The van der Waals surface area contributed by atoms with Crippen LogP contribution in [0.25, 0.3) is 111 Å². The third kappa shape index (κ3) is 5.46. The zero-order chi connectivity index (χ0) is 39.6. The highest BCUT2D eigenvalue weighted by Gasteiger charge is 2.19. The van der Waals surface area contributed by atoms with E-state index >= 15 is 0 Å². The number of aromatic nitrogens is 4. The first-order valence-corrected chi connectivity index (χ1v) is 20.4. The first-order chi connectivity index (χ1) is 29.8. The molecule has 0 N–H and O–H groups in total. The number of hydrogen-bond acceptors (Lipinski definition) is 2. The summed E-state index contributed by atoms with van der Waals surface area (Å²) in [4.78, 5) is 10.6. The van der Waals surface area contributed by atoms with Gasteiger partial charge in [0.2, 0.25) is 0 Å².